The van der Waals surface area contributed by atoms with E-state index < -0.39 is 5.97 Å². The topological polar surface area (TPSA) is 76.0 Å². The van der Waals surface area contributed by atoms with Gasteiger partial charge in [-0.05, 0) is 48.4 Å². The molecule has 0 aliphatic rings. The first-order valence-corrected chi connectivity index (χ1v) is 10.4. The third-order valence-corrected chi connectivity index (χ3v) is 4.88. The molecule has 166 valence electrons. The van der Waals surface area contributed by atoms with E-state index in [4.69, 9.17) is 14.6 Å². The number of hydrogen-bond acceptors (Lipinski definition) is 4. The van der Waals surface area contributed by atoms with Crippen molar-refractivity contribution >= 4 is 12.0 Å². The summed E-state index contributed by atoms with van der Waals surface area (Å²) in [5.41, 5.74) is 2.74. The van der Waals surface area contributed by atoms with Gasteiger partial charge in [0.05, 0.1) is 13.2 Å². The SMILES string of the molecule is CCc1c(OCCCOc2ccccc2C=CC(=O)O)ccc(-c2ccc(F)cc2)c1O. The van der Waals surface area contributed by atoms with Crippen molar-refractivity contribution in [1.29, 1.82) is 0 Å². The fourth-order valence-corrected chi connectivity index (χ4v) is 3.29. The predicted molar refractivity (Wildman–Crippen MR) is 122 cm³/mol. The quantitative estimate of drug-likeness (QED) is 0.315. The van der Waals surface area contributed by atoms with Crippen LogP contribution >= 0.6 is 0 Å². The minimum atomic E-state index is -1.02. The first-order valence-electron chi connectivity index (χ1n) is 10.4. The van der Waals surface area contributed by atoms with Crippen molar-refractivity contribution in [3.63, 3.8) is 0 Å². The zero-order valence-corrected chi connectivity index (χ0v) is 17.8. The van der Waals surface area contributed by atoms with Gasteiger partial charge in [-0.1, -0.05) is 37.3 Å². The van der Waals surface area contributed by atoms with Crippen LogP contribution in [0.3, 0.4) is 0 Å². The van der Waals surface area contributed by atoms with Crippen LogP contribution in [-0.4, -0.2) is 29.4 Å². The molecular formula is C26H25FO5. The number of carboxylic acids is 1. The van der Waals surface area contributed by atoms with Crippen LogP contribution < -0.4 is 9.47 Å². The normalized spacial score (nSPS) is 10.9. The average Bonchev–Trinajstić information content (AvgIpc) is 2.79. The summed E-state index contributed by atoms with van der Waals surface area (Å²) >= 11 is 0. The fourth-order valence-electron chi connectivity index (χ4n) is 3.29. The van der Waals surface area contributed by atoms with Gasteiger partial charge in [0.1, 0.15) is 23.1 Å². The van der Waals surface area contributed by atoms with Crippen molar-refractivity contribution in [1.82, 2.24) is 0 Å². The number of aliphatic carboxylic acids is 1. The number of benzene rings is 3. The van der Waals surface area contributed by atoms with Crippen molar-refractivity contribution < 1.29 is 28.9 Å². The van der Waals surface area contributed by atoms with Crippen molar-refractivity contribution in [2.45, 2.75) is 19.8 Å². The Morgan fingerprint density at radius 1 is 0.969 bits per heavy atom. The maximum Gasteiger partial charge on any atom is 0.328 e. The maximum atomic E-state index is 13.2. The largest absolute Gasteiger partial charge is 0.507 e. The summed E-state index contributed by atoms with van der Waals surface area (Å²) in [6.45, 7) is 2.70. The molecule has 0 bridgehead atoms. The number of carbonyl (C=O) groups is 1. The molecule has 0 aliphatic carbocycles. The van der Waals surface area contributed by atoms with Gasteiger partial charge in [0.25, 0.3) is 0 Å². The van der Waals surface area contributed by atoms with Gasteiger partial charge in [-0.25, -0.2) is 9.18 Å². The molecule has 5 nitrogen and oxygen atoms in total. The van der Waals surface area contributed by atoms with Crippen molar-refractivity contribution in [3.05, 3.63) is 83.7 Å². The van der Waals surface area contributed by atoms with E-state index in [2.05, 4.69) is 0 Å². The minimum absolute atomic E-state index is 0.131. The van der Waals surface area contributed by atoms with Crippen LogP contribution in [0.5, 0.6) is 17.2 Å². The molecule has 3 aromatic carbocycles. The van der Waals surface area contributed by atoms with Gasteiger partial charge in [0, 0.05) is 29.2 Å². The van der Waals surface area contributed by atoms with Gasteiger partial charge < -0.3 is 19.7 Å². The van der Waals surface area contributed by atoms with E-state index in [0.717, 1.165) is 11.6 Å². The molecule has 0 spiro atoms. The number of rotatable bonds is 10. The van der Waals surface area contributed by atoms with Crippen molar-refractivity contribution in [2.75, 3.05) is 13.2 Å². The van der Waals surface area contributed by atoms with Gasteiger partial charge >= 0.3 is 5.97 Å². The van der Waals surface area contributed by atoms with Gasteiger partial charge in [-0.15, -0.1) is 0 Å². The lowest BCUT2D eigenvalue weighted by Gasteiger charge is -2.15. The van der Waals surface area contributed by atoms with Crippen LogP contribution in [0.4, 0.5) is 4.39 Å². The van der Waals surface area contributed by atoms with Crippen LogP contribution in [0.2, 0.25) is 0 Å². The molecule has 0 heterocycles. The van der Waals surface area contributed by atoms with Gasteiger partial charge in [-0.2, -0.15) is 0 Å². The van der Waals surface area contributed by atoms with E-state index in [1.54, 1.807) is 30.3 Å². The van der Waals surface area contributed by atoms with Crippen molar-refractivity contribution in [3.8, 4) is 28.4 Å². The second-order valence-electron chi connectivity index (χ2n) is 7.06. The van der Waals surface area contributed by atoms with Gasteiger partial charge in [-0.3, -0.25) is 0 Å². The van der Waals surface area contributed by atoms with Crippen molar-refractivity contribution in [2.24, 2.45) is 0 Å². The molecule has 3 aromatic rings. The zero-order valence-electron chi connectivity index (χ0n) is 17.8. The molecule has 3 rings (SSSR count). The molecule has 6 heteroatoms. The summed E-state index contributed by atoms with van der Waals surface area (Å²) in [6, 6.07) is 16.8. The Morgan fingerprint density at radius 3 is 2.34 bits per heavy atom. The molecule has 0 amide bonds. The third-order valence-electron chi connectivity index (χ3n) is 4.88. The van der Waals surface area contributed by atoms with Gasteiger partial charge in [0.2, 0.25) is 0 Å². The Balaban J connectivity index is 1.59. The second kappa shape index (κ2) is 11.0. The highest BCUT2D eigenvalue weighted by Gasteiger charge is 2.14. The highest BCUT2D eigenvalue weighted by molar-refractivity contribution is 5.85. The molecule has 0 saturated heterocycles. The number of halogens is 1. The fraction of sp³-hybridized carbons (Fsp3) is 0.192. The number of ether oxygens (including phenoxy) is 2. The summed E-state index contributed by atoms with van der Waals surface area (Å²) in [5.74, 6) is -0.0199. The summed E-state index contributed by atoms with van der Waals surface area (Å²) in [5, 5.41) is 19.5. The molecule has 0 atom stereocenters. The Morgan fingerprint density at radius 2 is 1.66 bits per heavy atom. The molecule has 0 fully saturated rings. The first-order chi connectivity index (χ1) is 15.5. The number of aromatic hydroxyl groups is 1. The van der Waals surface area contributed by atoms with Crippen LogP contribution in [0.1, 0.15) is 24.5 Å². The highest BCUT2D eigenvalue weighted by atomic mass is 19.1. The summed E-state index contributed by atoms with van der Waals surface area (Å²) in [4.78, 5) is 10.7. The van der Waals surface area contributed by atoms with Crippen LogP contribution in [0, 0.1) is 5.82 Å². The third kappa shape index (κ3) is 5.88. The lowest BCUT2D eigenvalue weighted by molar-refractivity contribution is -0.131. The Bertz CT molecular complexity index is 1090. The monoisotopic (exact) mass is 436 g/mol. The molecular weight excluding hydrogens is 411 g/mol. The number of phenols is 1. The number of para-hydroxylation sites is 1. The Labute approximate surface area is 186 Å². The maximum absolute atomic E-state index is 13.2. The molecule has 0 aromatic heterocycles. The molecule has 2 N–H and O–H groups in total. The summed E-state index contributed by atoms with van der Waals surface area (Å²) < 4.78 is 24.8. The first kappa shape index (κ1) is 22.9. The van der Waals surface area contributed by atoms with Gasteiger partial charge in [0.15, 0.2) is 0 Å². The van der Waals surface area contributed by atoms with E-state index in [9.17, 15) is 14.3 Å². The van der Waals surface area contributed by atoms with E-state index in [1.165, 1.54) is 18.2 Å². The second-order valence-corrected chi connectivity index (χ2v) is 7.06. The van der Waals surface area contributed by atoms with E-state index in [0.29, 0.717) is 54.2 Å². The summed E-state index contributed by atoms with van der Waals surface area (Å²) in [7, 11) is 0. The molecule has 0 unspecified atom stereocenters. The Hall–Kier alpha value is -3.80. The molecule has 0 radical (unpaired) electrons. The smallest absolute Gasteiger partial charge is 0.328 e. The zero-order chi connectivity index (χ0) is 22.9. The number of phenolic OH excluding ortho intramolecular Hbond substituents is 1. The molecule has 0 aliphatic heterocycles. The summed E-state index contributed by atoms with van der Waals surface area (Å²) in [6.07, 6.45) is 3.74. The van der Waals surface area contributed by atoms with E-state index in [1.807, 2.05) is 25.1 Å². The van der Waals surface area contributed by atoms with Crippen LogP contribution in [0.25, 0.3) is 17.2 Å². The lowest BCUT2D eigenvalue weighted by atomic mass is 9.99. The van der Waals surface area contributed by atoms with E-state index >= 15 is 0 Å². The van der Waals surface area contributed by atoms with Crippen LogP contribution in [-0.2, 0) is 11.2 Å². The Kier molecular flexibility index (Phi) is 7.86. The highest BCUT2D eigenvalue weighted by Crippen LogP contribution is 2.38. The number of hydrogen-bond donors (Lipinski definition) is 2. The molecule has 32 heavy (non-hydrogen) atoms. The van der Waals surface area contributed by atoms with E-state index in [-0.39, 0.29) is 11.6 Å². The lowest BCUT2D eigenvalue weighted by Crippen LogP contribution is -2.07. The number of carboxylic acid groups (broad SMARTS) is 1. The minimum Gasteiger partial charge on any atom is -0.507 e. The van der Waals surface area contributed by atoms with Crippen LogP contribution in [0.15, 0.2) is 66.7 Å². The molecule has 0 saturated carbocycles. The standard InChI is InChI=1S/C26H25FO5/c1-2-21-24(14-13-22(26(21)30)18-8-11-20(27)12-9-18)32-17-5-16-31-23-7-4-3-6-19(23)10-15-25(28)29/h3-4,6-15,30H,2,5,16-17H2,1H3,(H,28,29). The predicted octanol–water partition coefficient (Wildman–Crippen LogP) is 5.71. The average molecular weight is 436 g/mol.